The fourth-order valence-corrected chi connectivity index (χ4v) is 3.76. The second-order valence-corrected chi connectivity index (χ2v) is 7.56. The molecule has 1 aromatic carbocycles. The summed E-state index contributed by atoms with van der Waals surface area (Å²) in [4.78, 5) is 14.8. The van der Waals surface area contributed by atoms with Crippen molar-refractivity contribution < 1.29 is 9.53 Å². The molecule has 0 bridgehead atoms. The molecule has 3 rings (SSSR count). The van der Waals surface area contributed by atoms with Crippen molar-refractivity contribution in [1.82, 2.24) is 4.90 Å². The van der Waals surface area contributed by atoms with Gasteiger partial charge in [-0.15, -0.1) is 0 Å². The van der Waals surface area contributed by atoms with Gasteiger partial charge in [0, 0.05) is 19.5 Å². The van der Waals surface area contributed by atoms with Gasteiger partial charge >= 0.3 is 0 Å². The lowest BCUT2D eigenvalue weighted by molar-refractivity contribution is -0.147. The molecule has 1 saturated heterocycles. The van der Waals surface area contributed by atoms with Crippen LogP contribution in [-0.2, 0) is 22.6 Å². The largest absolute Gasteiger partial charge is 0.363 e. The Morgan fingerprint density at radius 1 is 1.26 bits per heavy atom. The lowest BCUT2D eigenvalue weighted by Crippen LogP contribution is -2.48. The van der Waals surface area contributed by atoms with E-state index in [0.717, 1.165) is 25.9 Å². The van der Waals surface area contributed by atoms with Gasteiger partial charge in [-0.1, -0.05) is 38.1 Å². The van der Waals surface area contributed by atoms with Gasteiger partial charge in [0.25, 0.3) is 5.91 Å². The Morgan fingerprint density at radius 2 is 1.91 bits per heavy atom. The Hall–Kier alpha value is -1.39. The van der Waals surface area contributed by atoms with E-state index in [1.165, 1.54) is 11.1 Å². The number of amides is 1. The maximum Gasteiger partial charge on any atom is 0.252 e. The van der Waals surface area contributed by atoms with Gasteiger partial charge in [-0.05, 0) is 41.8 Å². The first-order valence-corrected chi connectivity index (χ1v) is 8.68. The maximum atomic E-state index is 12.8. The van der Waals surface area contributed by atoms with Gasteiger partial charge in [0.15, 0.2) is 0 Å². The van der Waals surface area contributed by atoms with Crippen LogP contribution in [0.3, 0.4) is 0 Å². The van der Waals surface area contributed by atoms with Crippen LogP contribution in [0.4, 0.5) is 0 Å². The molecule has 1 fully saturated rings. The van der Waals surface area contributed by atoms with Crippen molar-refractivity contribution in [2.24, 2.45) is 17.1 Å². The van der Waals surface area contributed by atoms with E-state index in [0.29, 0.717) is 25.5 Å². The third kappa shape index (κ3) is 3.43. The van der Waals surface area contributed by atoms with Crippen molar-refractivity contribution in [3.63, 3.8) is 0 Å². The third-order valence-corrected chi connectivity index (χ3v) is 5.68. The highest BCUT2D eigenvalue weighted by Crippen LogP contribution is 2.34. The third-order valence-electron chi connectivity index (χ3n) is 5.68. The van der Waals surface area contributed by atoms with E-state index in [-0.39, 0.29) is 17.4 Å². The summed E-state index contributed by atoms with van der Waals surface area (Å²) in [5, 5.41) is 0. The Balaban J connectivity index is 1.58. The van der Waals surface area contributed by atoms with E-state index in [1.54, 1.807) is 0 Å². The fraction of sp³-hybridized carbons (Fsp3) is 0.632. The molecule has 1 unspecified atom stereocenters. The van der Waals surface area contributed by atoms with Crippen LogP contribution < -0.4 is 5.73 Å². The summed E-state index contributed by atoms with van der Waals surface area (Å²) >= 11 is 0. The summed E-state index contributed by atoms with van der Waals surface area (Å²) in [6.07, 6.45) is 2.46. The number of fused-ring (bicyclic) bond motifs is 1. The van der Waals surface area contributed by atoms with Gasteiger partial charge in [-0.25, -0.2) is 0 Å². The predicted octanol–water partition coefficient (Wildman–Crippen LogP) is 2.35. The molecular weight excluding hydrogens is 288 g/mol. The van der Waals surface area contributed by atoms with Crippen molar-refractivity contribution >= 4 is 5.91 Å². The number of hydrogen-bond donors (Lipinski definition) is 1. The second kappa shape index (κ2) is 6.62. The van der Waals surface area contributed by atoms with Crippen molar-refractivity contribution in [2.75, 3.05) is 19.6 Å². The zero-order valence-corrected chi connectivity index (χ0v) is 14.3. The number of piperidine rings is 1. The summed E-state index contributed by atoms with van der Waals surface area (Å²) in [6, 6.07) is 8.24. The minimum atomic E-state index is -0.316. The predicted molar refractivity (Wildman–Crippen MR) is 90.9 cm³/mol. The van der Waals surface area contributed by atoms with Crippen LogP contribution in [0.5, 0.6) is 0 Å². The van der Waals surface area contributed by atoms with Gasteiger partial charge in [-0.3, -0.25) is 4.79 Å². The van der Waals surface area contributed by atoms with Crippen LogP contribution in [-0.4, -0.2) is 36.5 Å². The molecule has 0 spiro atoms. The number of hydrogen-bond acceptors (Lipinski definition) is 3. The average Bonchev–Trinajstić information content (AvgIpc) is 2.60. The lowest BCUT2D eigenvalue weighted by atomic mass is 9.73. The van der Waals surface area contributed by atoms with Crippen molar-refractivity contribution in [3.05, 3.63) is 35.4 Å². The smallest absolute Gasteiger partial charge is 0.252 e. The molecule has 4 nitrogen and oxygen atoms in total. The van der Waals surface area contributed by atoms with Crippen LogP contribution in [0, 0.1) is 11.3 Å². The molecule has 2 aliphatic rings. The van der Waals surface area contributed by atoms with Gasteiger partial charge in [0.2, 0.25) is 0 Å². The van der Waals surface area contributed by atoms with E-state index in [2.05, 4.69) is 26.0 Å². The standard InChI is InChI=1S/C19H28N2O2/c1-19(2,13-20)16-7-9-21(10-8-16)18(22)17-11-14-5-3-4-6-15(14)12-23-17/h3-6,16-17H,7-13,20H2,1-2H3. The molecular formula is C19H28N2O2. The zero-order valence-electron chi connectivity index (χ0n) is 14.3. The first-order chi connectivity index (χ1) is 11.0. The van der Waals surface area contributed by atoms with Crippen molar-refractivity contribution in [1.29, 1.82) is 0 Å². The quantitative estimate of drug-likeness (QED) is 0.931. The number of benzene rings is 1. The Bertz CT molecular complexity index is 562. The second-order valence-electron chi connectivity index (χ2n) is 7.56. The number of carbonyl (C=O) groups excluding carboxylic acids is 1. The number of nitrogens with zero attached hydrogens (tertiary/aromatic N) is 1. The monoisotopic (exact) mass is 316 g/mol. The van der Waals surface area contributed by atoms with Gasteiger partial charge in [0.1, 0.15) is 6.10 Å². The number of ether oxygens (including phenoxy) is 1. The van der Waals surface area contributed by atoms with E-state index in [1.807, 2.05) is 17.0 Å². The molecule has 2 aliphatic heterocycles. The summed E-state index contributed by atoms with van der Waals surface area (Å²) < 4.78 is 5.82. The number of carbonyl (C=O) groups is 1. The zero-order chi connectivity index (χ0) is 16.4. The first kappa shape index (κ1) is 16.5. The van der Waals surface area contributed by atoms with E-state index < -0.39 is 0 Å². The molecule has 2 heterocycles. The van der Waals surface area contributed by atoms with Crippen LogP contribution in [0.15, 0.2) is 24.3 Å². The SMILES string of the molecule is CC(C)(CN)C1CCN(C(=O)C2Cc3ccccc3CO2)CC1. The highest BCUT2D eigenvalue weighted by Gasteiger charge is 2.35. The summed E-state index contributed by atoms with van der Waals surface area (Å²) in [5.41, 5.74) is 8.51. The molecule has 0 aliphatic carbocycles. The fourth-order valence-electron chi connectivity index (χ4n) is 3.76. The molecule has 0 saturated carbocycles. The Labute approximate surface area is 139 Å². The number of rotatable bonds is 3. The minimum absolute atomic E-state index is 0.156. The van der Waals surface area contributed by atoms with E-state index in [4.69, 9.17) is 10.5 Å². The number of likely N-dealkylation sites (tertiary alicyclic amines) is 1. The normalized spacial score (nSPS) is 22.7. The molecule has 1 aromatic rings. The van der Waals surface area contributed by atoms with Crippen molar-refractivity contribution in [3.8, 4) is 0 Å². The Morgan fingerprint density at radius 3 is 2.57 bits per heavy atom. The molecule has 1 atom stereocenters. The highest BCUT2D eigenvalue weighted by molar-refractivity contribution is 5.81. The molecule has 0 aromatic heterocycles. The molecule has 0 radical (unpaired) electrons. The van der Waals surface area contributed by atoms with Crippen LogP contribution in [0.2, 0.25) is 0 Å². The van der Waals surface area contributed by atoms with Crippen LogP contribution >= 0.6 is 0 Å². The summed E-state index contributed by atoms with van der Waals surface area (Å²) in [7, 11) is 0. The average molecular weight is 316 g/mol. The molecule has 1 amide bonds. The topological polar surface area (TPSA) is 55.6 Å². The van der Waals surface area contributed by atoms with Crippen molar-refractivity contribution in [2.45, 2.75) is 45.8 Å². The maximum absolute atomic E-state index is 12.8. The van der Waals surface area contributed by atoms with Crippen LogP contribution in [0.25, 0.3) is 0 Å². The van der Waals surface area contributed by atoms with Gasteiger partial charge in [0.05, 0.1) is 6.61 Å². The number of nitrogens with two attached hydrogens (primary N) is 1. The summed E-state index contributed by atoms with van der Waals surface area (Å²) in [6.45, 7) is 7.37. The van der Waals surface area contributed by atoms with E-state index >= 15 is 0 Å². The molecule has 4 heteroatoms. The van der Waals surface area contributed by atoms with Gasteiger partial charge < -0.3 is 15.4 Å². The molecule has 23 heavy (non-hydrogen) atoms. The lowest BCUT2D eigenvalue weighted by Gasteiger charge is -2.41. The minimum Gasteiger partial charge on any atom is -0.363 e. The molecule has 2 N–H and O–H groups in total. The first-order valence-electron chi connectivity index (χ1n) is 8.68. The summed E-state index contributed by atoms with van der Waals surface area (Å²) in [5.74, 6) is 0.757. The highest BCUT2D eigenvalue weighted by atomic mass is 16.5. The molecule has 126 valence electrons. The van der Waals surface area contributed by atoms with E-state index in [9.17, 15) is 4.79 Å². The van der Waals surface area contributed by atoms with Gasteiger partial charge in [-0.2, -0.15) is 0 Å². The Kier molecular flexibility index (Phi) is 4.74. The van der Waals surface area contributed by atoms with Crippen LogP contribution in [0.1, 0.15) is 37.8 Å².